The third-order valence-corrected chi connectivity index (χ3v) is 6.10. The Morgan fingerprint density at radius 1 is 0.833 bits per heavy atom. The Hall–Kier alpha value is -3.15. The van der Waals surface area contributed by atoms with Gasteiger partial charge in [0.1, 0.15) is 0 Å². The molecule has 6 heteroatoms. The van der Waals surface area contributed by atoms with Crippen molar-refractivity contribution < 1.29 is 0 Å². The molecule has 5 rings (SSSR count). The van der Waals surface area contributed by atoms with Gasteiger partial charge >= 0.3 is 0 Å². The molecule has 2 aromatic heterocycles. The van der Waals surface area contributed by atoms with Gasteiger partial charge in [-0.2, -0.15) is 0 Å². The largest absolute Gasteiger partial charge is 0.270 e. The first-order valence-corrected chi connectivity index (χ1v) is 10.9. The van der Waals surface area contributed by atoms with E-state index in [2.05, 4.69) is 62.2 Å². The Morgan fingerprint density at radius 2 is 1.67 bits per heavy atom. The fourth-order valence-corrected chi connectivity index (χ4v) is 4.51. The van der Waals surface area contributed by atoms with E-state index in [1.807, 2.05) is 36.4 Å². The number of halogens is 1. The fourth-order valence-electron chi connectivity index (χ4n) is 3.43. The Bertz CT molecular complexity index is 1290. The van der Waals surface area contributed by atoms with E-state index in [9.17, 15) is 0 Å². The predicted molar refractivity (Wildman–Crippen MR) is 123 cm³/mol. The second kappa shape index (κ2) is 8.30. The van der Waals surface area contributed by atoms with Crippen molar-refractivity contribution in [2.24, 2.45) is 0 Å². The predicted octanol–water partition coefficient (Wildman–Crippen LogP) is 6.43. The van der Waals surface area contributed by atoms with Crippen LogP contribution in [0.5, 0.6) is 0 Å². The molecule has 4 nitrogen and oxygen atoms in total. The number of pyridine rings is 1. The zero-order valence-electron chi connectivity index (χ0n) is 15.9. The van der Waals surface area contributed by atoms with Crippen LogP contribution in [0.15, 0.2) is 96.4 Å². The maximum atomic E-state index is 6.11. The van der Waals surface area contributed by atoms with E-state index in [1.165, 1.54) is 16.3 Å². The summed E-state index contributed by atoms with van der Waals surface area (Å²) >= 11 is 7.78. The van der Waals surface area contributed by atoms with Crippen LogP contribution in [0.4, 0.5) is 0 Å². The van der Waals surface area contributed by atoms with Gasteiger partial charge in [0, 0.05) is 34.4 Å². The number of hydrogen-bond acceptors (Lipinski definition) is 4. The smallest absolute Gasteiger partial charge is 0.196 e. The third-order valence-electron chi connectivity index (χ3n) is 4.87. The van der Waals surface area contributed by atoms with Gasteiger partial charge in [0.15, 0.2) is 11.0 Å². The van der Waals surface area contributed by atoms with Gasteiger partial charge in [-0.05, 0) is 52.7 Å². The lowest BCUT2D eigenvalue weighted by molar-refractivity contribution is 0.886. The van der Waals surface area contributed by atoms with Crippen molar-refractivity contribution in [3.8, 4) is 17.1 Å². The summed E-state index contributed by atoms with van der Waals surface area (Å²) in [6.07, 6.45) is 3.55. The standard InChI is InChI=1S/C24H17ClN4S/c25-20-10-12-21(13-11-20)29-23(18-8-4-14-26-15-18)27-28-24(29)30-16-19-7-3-6-17-5-1-2-9-22(17)19/h1-15H,16H2. The van der Waals surface area contributed by atoms with E-state index in [1.54, 1.807) is 24.2 Å². The second-order valence-electron chi connectivity index (χ2n) is 6.79. The van der Waals surface area contributed by atoms with E-state index >= 15 is 0 Å². The molecule has 0 unspecified atom stereocenters. The molecule has 146 valence electrons. The van der Waals surface area contributed by atoms with Crippen molar-refractivity contribution in [2.45, 2.75) is 10.9 Å². The number of rotatable bonds is 5. The van der Waals surface area contributed by atoms with Gasteiger partial charge in [0.25, 0.3) is 0 Å². The number of fused-ring (bicyclic) bond motifs is 1. The van der Waals surface area contributed by atoms with Crippen LogP contribution in [-0.2, 0) is 5.75 Å². The fraction of sp³-hybridized carbons (Fsp3) is 0.0417. The minimum Gasteiger partial charge on any atom is -0.270 e. The number of benzene rings is 3. The molecule has 30 heavy (non-hydrogen) atoms. The average molecular weight is 429 g/mol. The summed E-state index contributed by atoms with van der Waals surface area (Å²) in [4.78, 5) is 4.24. The summed E-state index contributed by atoms with van der Waals surface area (Å²) < 4.78 is 2.06. The van der Waals surface area contributed by atoms with Crippen LogP contribution in [0.1, 0.15) is 5.56 Å². The first-order valence-electron chi connectivity index (χ1n) is 9.51. The molecule has 5 aromatic rings. The SMILES string of the molecule is Clc1ccc(-n2c(SCc3cccc4ccccc34)nnc2-c2cccnc2)cc1. The number of hydrogen-bond donors (Lipinski definition) is 0. The van der Waals surface area contributed by atoms with Gasteiger partial charge < -0.3 is 0 Å². The number of aromatic nitrogens is 4. The van der Waals surface area contributed by atoms with Crippen molar-refractivity contribution in [1.82, 2.24) is 19.7 Å². The zero-order valence-corrected chi connectivity index (χ0v) is 17.5. The summed E-state index contributed by atoms with van der Waals surface area (Å²) in [6.45, 7) is 0. The molecule has 0 radical (unpaired) electrons. The summed E-state index contributed by atoms with van der Waals surface area (Å²) in [5.41, 5.74) is 3.15. The molecular formula is C24H17ClN4S. The van der Waals surface area contributed by atoms with E-state index in [4.69, 9.17) is 11.6 Å². The van der Waals surface area contributed by atoms with Gasteiger partial charge in [-0.1, -0.05) is 65.8 Å². The molecule has 0 aliphatic rings. The molecule has 0 aliphatic heterocycles. The maximum Gasteiger partial charge on any atom is 0.196 e. The molecule has 0 aliphatic carbocycles. The molecule has 0 amide bonds. The molecular weight excluding hydrogens is 412 g/mol. The van der Waals surface area contributed by atoms with Crippen LogP contribution in [0.3, 0.4) is 0 Å². The first kappa shape index (κ1) is 18.9. The Labute approximate surface area is 183 Å². The van der Waals surface area contributed by atoms with E-state index in [-0.39, 0.29) is 0 Å². The second-order valence-corrected chi connectivity index (χ2v) is 8.17. The van der Waals surface area contributed by atoms with Gasteiger partial charge in [-0.25, -0.2) is 0 Å². The monoisotopic (exact) mass is 428 g/mol. The topological polar surface area (TPSA) is 43.6 Å². The molecule has 0 fully saturated rings. The van der Waals surface area contributed by atoms with Crippen molar-refractivity contribution in [2.75, 3.05) is 0 Å². The van der Waals surface area contributed by atoms with Crippen LogP contribution >= 0.6 is 23.4 Å². The van der Waals surface area contributed by atoms with Crippen molar-refractivity contribution in [3.05, 3.63) is 102 Å². The quantitative estimate of drug-likeness (QED) is 0.302. The van der Waals surface area contributed by atoms with Crippen molar-refractivity contribution in [1.29, 1.82) is 0 Å². The Morgan fingerprint density at radius 3 is 2.50 bits per heavy atom. The Kier molecular flexibility index (Phi) is 5.22. The summed E-state index contributed by atoms with van der Waals surface area (Å²) in [6, 6.07) is 26.5. The molecule has 3 aromatic carbocycles. The van der Waals surface area contributed by atoms with E-state index in [0.717, 1.165) is 28.0 Å². The van der Waals surface area contributed by atoms with Crippen molar-refractivity contribution in [3.63, 3.8) is 0 Å². The molecule has 0 saturated heterocycles. The van der Waals surface area contributed by atoms with Crippen LogP contribution in [-0.4, -0.2) is 19.7 Å². The minimum absolute atomic E-state index is 0.694. The van der Waals surface area contributed by atoms with Gasteiger partial charge in [0.2, 0.25) is 0 Å². The molecule has 0 spiro atoms. The highest BCUT2D eigenvalue weighted by Crippen LogP contribution is 2.31. The summed E-state index contributed by atoms with van der Waals surface area (Å²) in [5.74, 6) is 1.55. The van der Waals surface area contributed by atoms with Gasteiger partial charge in [-0.15, -0.1) is 10.2 Å². The molecule has 0 bridgehead atoms. The highest BCUT2D eigenvalue weighted by molar-refractivity contribution is 7.98. The zero-order chi connectivity index (χ0) is 20.3. The minimum atomic E-state index is 0.694. The van der Waals surface area contributed by atoms with Crippen LogP contribution in [0, 0.1) is 0 Å². The molecule has 0 atom stereocenters. The Balaban J connectivity index is 1.55. The lowest BCUT2D eigenvalue weighted by atomic mass is 10.1. The first-order chi connectivity index (χ1) is 14.8. The van der Waals surface area contributed by atoms with Gasteiger partial charge in [0.05, 0.1) is 0 Å². The van der Waals surface area contributed by atoms with Crippen LogP contribution < -0.4 is 0 Å². The average Bonchev–Trinajstić information content (AvgIpc) is 3.23. The van der Waals surface area contributed by atoms with Crippen molar-refractivity contribution >= 4 is 34.1 Å². The normalized spacial score (nSPS) is 11.1. The molecule has 2 heterocycles. The lowest BCUT2D eigenvalue weighted by Gasteiger charge is -2.11. The van der Waals surface area contributed by atoms with E-state index < -0.39 is 0 Å². The molecule has 0 saturated carbocycles. The highest BCUT2D eigenvalue weighted by atomic mass is 35.5. The highest BCUT2D eigenvalue weighted by Gasteiger charge is 2.17. The summed E-state index contributed by atoms with van der Waals surface area (Å²) in [7, 11) is 0. The number of nitrogens with zero attached hydrogens (tertiary/aromatic N) is 4. The lowest BCUT2D eigenvalue weighted by Crippen LogP contribution is -2.00. The van der Waals surface area contributed by atoms with E-state index in [0.29, 0.717) is 5.02 Å². The maximum absolute atomic E-state index is 6.11. The van der Waals surface area contributed by atoms with Gasteiger partial charge in [-0.3, -0.25) is 9.55 Å². The summed E-state index contributed by atoms with van der Waals surface area (Å²) in [5, 5.41) is 13.0. The number of thioether (sulfide) groups is 1. The third kappa shape index (κ3) is 3.70. The molecule has 0 N–H and O–H groups in total. The van der Waals surface area contributed by atoms with Crippen LogP contribution in [0.2, 0.25) is 5.02 Å². The van der Waals surface area contributed by atoms with Crippen LogP contribution in [0.25, 0.3) is 27.8 Å².